The molecule has 0 spiro atoms. The van der Waals surface area contributed by atoms with E-state index in [4.69, 9.17) is 19.9 Å². The number of nitrogen functional groups attached to an aromatic ring is 1. The number of ether oxygens (including phenoxy) is 3. The van der Waals surface area contributed by atoms with Gasteiger partial charge < -0.3 is 19.9 Å². The van der Waals surface area contributed by atoms with E-state index in [0.29, 0.717) is 33.9 Å². The molecule has 0 saturated heterocycles. The SMILES string of the molecule is CCOC(=O)Cc1cc2c(cc1C(=O)c1ccc(N)cc1)OCO2. The van der Waals surface area contributed by atoms with Gasteiger partial charge in [0.1, 0.15) is 0 Å². The molecule has 2 aromatic carbocycles. The molecule has 124 valence electrons. The van der Waals surface area contributed by atoms with Crippen LogP contribution in [0.2, 0.25) is 0 Å². The third-order valence-electron chi connectivity index (χ3n) is 3.66. The van der Waals surface area contributed by atoms with Crippen LogP contribution in [-0.2, 0) is 16.0 Å². The summed E-state index contributed by atoms with van der Waals surface area (Å²) in [6.45, 7) is 2.11. The Morgan fingerprint density at radius 2 is 1.79 bits per heavy atom. The number of anilines is 1. The molecule has 3 rings (SSSR count). The minimum absolute atomic E-state index is 0.0134. The van der Waals surface area contributed by atoms with E-state index in [1.54, 1.807) is 43.3 Å². The standard InChI is InChI=1S/C18H17NO5/c1-2-22-17(20)8-12-7-15-16(24-10-23-15)9-14(12)18(21)11-3-5-13(19)6-4-11/h3-7,9H,2,8,10,19H2,1H3. The third kappa shape index (κ3) is 3.17. The fourth-order valence-electron chi connectivity index (χ4n) is 2.50. The summed E-state index contributed by atoms with van der Waals surface area (Å²) in [6.07, 6.45) is -0.0134. The Labute approximate surface area is 139 Å². The summed E-state index contributed by atoms with van der Waals surface area (Å²) < 4.78 is 15.7. The highest BCUT2D eigenvalue weighted by molar-refractivity contribution is 6.10. The van der Waals surface area contributed by atoms with Crippen LogP contribution in [0, 0.1) is 0 Å². The number of fused-ring (bicyclic) bond motifs is 1. The van der Waals surface area contributed by atoms with Gasteiger partial charge in [-0.25, -0.2) is 0 Å². The molecule has 24 heavy (non-hydrogen) atoms. The van der Waals surface area contributed by atoms with Gasteiger partial charge in [-0.2, -0.15) is 0 Å². The zero-order chi connectivity index (χ0) is 17.1. The molecule has 0 saturated carbocycles. The molecule has 1 aliphatic heterocycles. The second-order valence-corrected chi connectivity index (χ2v) is 5.30. The second-order valence-electron chi connectivity index (χ2n) is 5.30. The number of esters is 1. The number of ketones is 1. The zero-order valence-electron chi connectivity index (χ0n) is 13.2. The summed E-state index contributed by atoms with van der Waals surface area (Å²) in [5, 5.41) is 0. The van der Waals surface area contributed by atoms with Crippen LogP contribution < -0.4 is 15.2 Å². The fraction of sp³-hybridized carbons (Fsp3) is 0.222. The molecule has 0 radical (unpaired) electrons. The maximum atomic E-state index is 12.8. The Hall–Kier alpha value is -3.02. The quantitative estimate of drug-likeness (QED) is 0.515. The smallest absolute Gasteiger partial charge is 0.310 e. The van der Waals surface area contributed by atoms with E-state index in [1.807, 2.05) is 0 Å². The first-order valence-electron chi connectivity index (χ1n) is 7.57. The van der Waals surface area contributed by atoms with Crippen molar-refractivity contribution in [2.75, 3.05) is 19.1 Å². The largest absolute Gasteiger partial charge is 0.466 e. The van der Waals surface area contributed by atoms with Crippen molar-refractivity contribution >= 4 is 17.4 Å². The van der Waals surface area contributed by atoms with Gasteiger partial charge in [0.05, 0.1) is 13.0 Å². The summed E-state index contributed by atoms with van der Waals surface area (Å²) >= 11 is 0. The molecule has 0 aromatic heterocycles. The Kier molecular flexibility index (Phi) is 4.37. The lowest BCUT2D eigenvalue weighted by atomic mass is 9.95. The van der Waals surface area contributed by atoms with Crippen LogP contribution in [0.25, 0.3) is 0 Å². The molecule has 0 unspecified atom stereocenters. The van der Waals surface area contributed by atoms with Crippen LogP contribution in [0.15, 0.2) is 36.4 Å². The highest BCUT2D eigenvalue weighted by atomic mass is 16.7. The van der Waals surface area contributed by atoms with Crippen molar-refractivity contribution in [1.29, 1.82) is 0 Å². The molecule has 6 nitrogen and oxygen atoms in total. The average molecular weight is 327 g/mol. The Morgan fingerprint density at radius 3 is 2.46 bits per heavy atom. The number of hydrogen-bond acceptors (Lipinski definition) is 6. The Morgan fingerprint density at radius 1 is 1.12 bits per heavy atom. The van der Waals surface area contributed by atoms with Gasteiger partial charge in [0, 0.05) is 16.8 Å². The molecule has 1 heterocycles. The normalized spacial score (nSPS) is 12.0. The van der Waals surface area contributed by atoms with E-state index >= 15 is 0 Å². The first kappa shape index (κ1) is 15.9. The third-order valence-corrected chi connectivity index (χ3v) is 3.66. The van der Waals surface area contributed by atoms with Crippen LogP contribution in [0.1, 0.15) is 28.4 Å². The molecular formula is C18H17NO5. The van der Waals surface area contributed by atoms with E-state index < -0.39 is 5.97 Å². The zero-order valence-corrected chi connectivity index (χ0v) is 13.2. The summed E-state index contributed by atoms with van der Waals surface area (Å²) in [7, 11) is 0. The minimum atomic E-state index is -0.400. The number of carbonyl (C=O) groups is 2. The molecule has 1 aliphatic rings. The summed E-state index contributed by atoms with van der Waals surface area (Å²) in [5.74, 6) is 0.389. The molecule has 0 aliphatic carbocycles. The lowest BCUT2D eigenvalue weighted by molar-refractivity contribution is -0.142. The molecule has 2 N–H and O–H groups in total. The lowest BCUT2D eigenvalue weighted by Gasteiger charge is -2.10. The second kappa shape index (κ2) is 6.62. The van der Waals surface area contributed by atoms with Crippen LogP contribution in [0.4, 0.5) is 5.69 Å². The van der Waals surface area contributed by atoms with E-state index in [1.165, 1.54) is 0 Å². The molecule has 0 amide bonds. The van der Waals surface area contributed by atoms with Gasteiger partial charge in [-0.3, -0.25) is 9.59 Å². The van der Waals surface area contributed by atoms with Gasteiger partial charge in [-0.15, -0.1) is 0 Å². The fourth-order valence-corrected chi connectivity index (χ4v) is 2.50. The van der Waals surface area contributed by atoms with Crippen molar-refractivity contribution in [3.63, 3.8) is 0 Å². The Bertz CT molecular complexity index is 783. The first-order valence-corrected chi connectivity index (χ1v) is 7.57. The van der Waals surface area contributed by atoms with Crippen molar-refractivity contribution in [2.45, 2.75) is 13.3 Å². The van der Waals surface area contributed by atoms with Gasteiger partial charge in [-0.1, -0.05) is 0 Å². The molecular weight excluding hydrogens is 310 g/mol. The topological polar surface area (TPSA) is 87.9 Å². The van der Waals surface area contributed by atoms with E-state index in [0.717, 1.165) is 0 Å². The van der Waals surface area contributed by atoms with E-state index in [2.05, 4.69) is 0 Å². The lowest BCUT2D eigenvalue weighted by Crippen LogP contribution is -2.12. The highest BCUT2D eigenvalue weighted by Gasteiger charge is 2.23. The minimum Gasteiger partial charge on any atom is -0.466 e. The van der Waals surface area contributed by atoms with Gasteiger partial charge >= 0.3 is 5.97 Å². The predicted octanol–water partition coefficient (Wildman–Crippen LogP) is 2.33. The number of hydrogen-bond donors (Lipinski definition) is 1. The molecule has 0 atom stereocenters. The highest BCUT2D eigenvalue weighted by Crippen LogP contribution is 2.36. The van der Waals surface area contributed by atoms with E-state index in [-0.39, 0.29) is 25.6 Å². The number of carbonyl (C=O) groups excluding carboxylic acids is 2. The number of benzene rings is 2. The van der Waals surface area contributed by atoms with Crippen LogP contribution in [-0.4, -0.2) is 25.2 Å². The summed E-state index contributed by atoms with van der Waals surface area (Å²) in [5.41, 5.74) is 7.64. The van der Waals surface area contributed by atoms with Crippen molar-refractivity contribution in [3.8, 4) is 11.5 Å². The molecule has 6 heteroatoms. The average Bonchev–Trinajstić information content (AvgIpc) is 3.01. The summed E-state index contributed by atoms with van der Waals surface area (Å²) in [6, 6.07) is 9.88. The number of rotatable bonds is 5. The Balaban J connectivity index is 1.99. The maximum absolute atomic E-state index is 12.8. The molecule has 0 bridgehead atoms. The van der Waals surface area contributed by atoms with Gasteiger partial charge in [-0.05, 0) is 48.9 Å². The predicted molar refractivity (Wildman–Crippen MR) is 87.2 cm³/mol. The van der Waals surface area contributed by atoms with Crippen molar-refractivity contribution in [3.05, 3.63) is 53.1 Å². The van der Waals surface area contributed by atoms with Crippen LogP contribution in [0.3, 0.4) is 0 Å². The van der Waals surface area contributed by atoms with Crippen LogP contribution >= 0.6 is 0 Å². The van der Waals surface area contributed by atoms with Crippen molar-refractivity contribution in [1.82, 2.24) is 0 Å². The monoisotopic (exact) mass is 327 g/mol. The maximum Gasteiger partial charge on any atom is 0.310 e. The van der Waals surface area contributed by atoms with Gasteiger partial charge in [0.2, 0.25) is 6.79 Å². The number of nitrogens with two attached hydrogens (primary N) is 1. The first-order chi connectivity index (χ1) is 11.6. The summed E-state index contributed by atoms with van der Waals surface area (Å²) in [4.78, 5) is 24.7. The van der Waals surface area contributed by atoms with E-state index in [9.17, 15) is 9.59 Å². The molecule has 2 aromatic rings. The van der Waals surface area contributed by atoms with Crippen molar-refractivity contribution < 1.29 is 23.8 Å². The van der Waals surface area contributed by atoms with Gasteiger partial charge in [0.15, 0.2) is 17.3 Å². The van der Waals surface area contributed by atoms with Gasteiger partial charge in [0.25, 0.3) is 0 Å². The van der Waals surface area contributed by atoms with Crippen molar-refractivity contribution in [2.24, 2.45) is 0 Å². The van der Waals surface area contributed by atoms with Crippen LogP contribution in [0.5, 0.6) is 11.5 Å². The molecule has 0 fully saturated rings.